The molecule has 0 radical (unpaired) electrons. The van der Waals surface area contributed by atoms with Gasteiger partial charge in [-0.2, -0.15) is 12.7 Å². The molecule has 0 unspecified atom stereocenters. The highest BCUT2D eigenvalue weighted by molar-refractivity contribution is 7.87. The Morgan fingerprint density at radius 3 is 2.29 bits per heavy atom. The van der Waals surface area contributed by atoms with E-state index in [2.05, 4.69) is 9.62 Å². The van der Waals surface area contributed by atoms with Crippen molar-refractivity contribution in [2.45, 2.75) is 44.1 Å². The van der Waals surface area contributed by atoms with E-state index in [0.717, 1.165) is 25.7 Å². The van der Waals surface area contributed by atoms with Crippen LogP contribution in [0.5, 0.6) is 0 Å². The van der Waals surface area contributed by atoms with E-state index in [4.69, 9.17) is 5.11 Å². The third-order valence-electron chi connectivity index (χ3n) is 5.24. The van der Waals surface area contributed by atoms with Gasteiger partial charge in [0.2, 0.25) is 0 Å². The lowest BCUT2D eigenvalue weighted by Crippen LogP contribution is -2.54. The molecule has 1 saturated carbocycles. The van der Waals surface area contributed by atoms with Crippen molar-refractivity contribution >= 4 is 10.2 Å². The van der Waals surface area contributed by atoms with Gasteiger partial charge < -0.3 is 10.0 Å². The fourth-order valence-corrected chi connectivity index (χ4v) is 4.79. The molecule has 2 aliphatic rings. The zero-order valence-electron chi connectivity index (χ0n) is 13.2. The Balaban J connectivity index is 1.92. The summed E-state index contributed by atoms with van der Waals surface area (Å²) in [5, 5.41) is 9.13. The maximum absolute atomic E-state index is 12.4. The van der Waals surface area contributed by atoms with Gasteiger partial charge in [0.1, 0.15) is 0 Å². The molecular formula is C14H29N3O3S. The van der Waals surface area contributed by atoms with Crippen molar-refractivity contribution in [1.82, 2.24) is 13.9 Å². The van der Waals surface area contributed by atoms with Crippen LogP contribution in [0.4, 0.5) is 0 Å². The number of aliphatic hydroxyl groups is 1. The van der Waals surface area contributed by atoms with Gasteiger partial charge >= 0.3 is 0 Å². The molecule has 2 fully saturated rings. The van der Waals surface area contributed by atoms with Crippen LogP contribution in [-0.4, -0.2) is 68.6 Å². The lowest BCUT2D eigenvalue weighted by molar-refractivity contribution is 0.157. The second kappa shape index (κ2) is 6.91. The number of hydrogen-bond acceptors (Lipinski definition) is 4. The first kappa shape index (κ1) is 17.1. The Kier molecular flexibility index (Phi) is 5.65. The molecule has 0 aromatic carbocycles. The summed E-state index contributed by atoms with van der Waals surface area (Å²) in [6.45, 7) is 1.67. The monoisotopic (exact) mass is 319 g/mol. The third-order valence-corrected chi connectivity index (χ3v) is 6.79. The molecule has 21 heavy (non-hydrogen) atoms. The van der Waals surface area contributed by atoms with Crippen LogP contribution in [0.1, 0.15) is 38.5 Å². The summed E-state index contributed by atoms with van der Waals surface area (Å²) in [6.07, 6.45) is 5.93. The van der Waals surface area contributed by atoms with Crippen LogP contribution in [0, 0.1) is 5.92 Å². The van der Waals surface area contributed by atoms with E-state index in [9.17, 15) is 8.42 Å². The molecule has 0 aromatic heterocycles. The smallest absolute Gasteiger partial charge is 0.279 e. The SMILES string of the molecule is CN(C)C1(CNS(=O)(=O)N2CCC(CO)CC2)CCCC1. The van der Waals surface area contributed by atoms with Gasteiger partial charge in [0.25, 0.3) is 10.2 Å². The van der Waals surface area contributed by atoms with Gasteiger partial charge in [-0.3, -0.25) is 0 Å². The Hall–Kier alpha value is -0.210. The largest absolute Gasteiger partial charge is 0.396 e. The van der Waals surface area contributed by atoms with Crippen molar-refractivity contribution in [2.75, 3.05) is 40.3 Å². The molecule has 0 bridgehead atoms. The van der Waals surface area contributed by atoms with Crippen LogP contribution in [0.3, 0.4) is 0 Å². The second-order valence-electron chi connectivity index (χ2n) is 6.68. The third kappa shape index (κ3) is 3.96. The van der Waals surface area contributed by atoms with Crippen LogP contribution in [0.25, 0.3) is 0 Å². The molecule has 1 aliphatic carbocycles. The summed E-state index contributed by atoms with van der Waals surface area (Å²) in [6, 6.07) is 0. The Labute approximate surface area is 128 Å². The van der Waals surface area contributed by atoms with Crippen LogP contribution >= 0.6 is 0 Å². The standard InChI is InChI=1S/C14H29N3O3S/c1-16(2)14(7-3-4-8-14)12-15-21(19,20)17-9-5-13(11-18)6-10-17/h13,15,18H,3-12H2,1-2H3. The number of nitrogens with one attached hydrogen (secondary N) is 1. The lowest BCUT2D eigenvalue weighted by Gasteiger charge is -2.37. The van der Waals surface area contributed by atoms with E-state index in [1.807, 2.05) is 14.1 Å². The summed E-state index contributed by atoms with van der Waals surface area (Å²) in [5.41, 5.74) is -0.0313. The maximum atomic E-state index is 12.4. The first-order valence-electron chi connectivity index (χ1n) is 7.93. The molecule has 2 rings (SSSR count). The van der Waals surface area contributed by atoms with Gasteiger partial charge in [0, 0.05) is 31.8 Å². The van der Waals surface area contributed by atoms with Crippen molar-refractivity contribution in [3.8, 4) is 0 Å². The van der Waals surface area contributed by atoms with Gasteiger partial charge in [0.05, 0.1) is 0 Å². The second-order valence-corrected chi connectivity index (χ2v) is 8.43. The molecular weight excluding hydrogens is 290 g/mol. The minimum atomic E-state index is -3.40. The van der Waals surface area contributed by atoms with Crippen LogP contribution in [0.15, 0.2) is 0 Å². The highest BCUT2D eigenvalue weighted by Crippen LogP contribution is 2.33. The maximum Gasteiger partial charge on any atom is 0.279 e. The summed E-state index contributed by atoms with van der Waals surface area (Å²) < 4.78 is 29.2. The Morgan fingerprint density at radius 2 is 1.81 bits per heavy atom. The van der Waals surface area contributed by atoms with E-state index >= 15 is 0 Å². The number of aliphatic hydroxyl groups excluding tert-OH is 1. The minimum absolute atomic E-state index is 0.0313. The summed E-state index contributed by atoms with van der Waals surface area (Å²) >= 11 is 0. The molecule has 0 spiro atoms. The number of hydrogen-bond donors (Lipinski definition) is 2. The van der Waals surface area contributed by atoms with Crippen molar-refractivity contribution < 1.29 is 13.5 Å². The summed E-state index contributed by atoms with van der Waals surface area (Å²) in [5.74, 6) is 0.249. The van der Waals surface area contributed by atoms with E-state index in [-0.39, 0.29) is 18.1 Å². The average molecular weight is 319 g/mol. The van der Waals surface area contributed by atoms with Gasteiger partial charge in [-0.25, -0.2) is 4.72 Å². The van der Waals surface area contributed by atoms with Gasteiger partial charge in [0.15, 0.2) is 0 Å². The molecule has 2 N–H and O–H groups in total. The Bertz CT molecular complexity index is 425. The average Bonchev–Trinajstić information content (AvgIpc) is 2.96. The van der Waals surface area contributed by atoms with Crippen molar-refractivity contribution in [3.63, 3.8) is 0 Å². The van der Waals surface area contributed by atoms with E-state index in [1.54, 1.807) is 0 Å². The highest BCUT2D eigenvalue weighted by Gasteiger charge is 2.38. The molecule has 6 nitrogen and oxygen atoms in total. The first-order chi connectivity index (χ1) is 9.89. The molecule has 124 valence electrons. The fraction of sp³-hybridized carbons (Fsp3) is 1.00. The zero-order chi connectivity index (χ0) is 15.5. The lowest BCUT2D eigenvalue weighted by atomic mass is 9.97. The molecule has 1 aliphatic heterocycles. The molecule has 1 saturated heterocycles. The van der Waals surface area contributed by atoms with E-state index in [0.29, 0.717) is 19.6 Å². The molecule has 0 amide bonds. The quantitative estimate of drug-likeness (QED) is 0.743. The number of piperidine rings is 1. The van der Waals surface area contributed by atoms with Crippen molar-refractivity contribution in [1.29, 1.82) is 0 Å². The topological polar surface area (TPSA) is 72.9 Å². The molecule has 1 heterocycles. The highest BCUT2D eigenvalue weighted by atomic mass is 32.2. The predicted molar refractivity (Wildman–Crippen MR) is 83.2 cm³/mol. The normalized spacial score (nSPS) is 24.8. The van der Waals surface area contributed by atoms with Gasteiger partial charge in [-0.1, -0.05) is 12.8 Å². The van der Waals surface area contributed by atoms with Crippen molar-refractivity contribution in [2.24, 2.45) is 5.92 Å². The van der Waals surface area contributed by atoms with E-state index < -0.39 is 10.2 Å². The number of nitrogens with zero attached hydrogens (tertiary/aromatic N) is 2. The number of likely N-dealkylation sites (N-methyl/N-ethyl adjacent to an activating group) is 1. The summed E-state index contributed by atoms with van der Waals surface area (Å²) in [7, 11) is 0.669. The molecule has 0 aromatic rings. The van der Waals surface area contributed by atoms with Crippen molar-refractivity contribution in [3.05, 3.63) is 0 Å². The van der Waals surface area contributed by atoms with Crippen LogP contribution < -0.4 is 4.72 Å². The zero-order valence-corrected chi connectivity index (χ0v) is 14.0. The van der Waals surface area contributed by atoms with Gasteiger partial charge in [-0.15, -0.1) is 0 Å². The van der Waals surface area contributed by atoms with E-state index in [1.165, 1.54) is 17.1 Å². The number of rotatable bonds is 6. The van der Waals surface area contributed by atoms with Crippen LogP contribution in [0.2, 0.25) is 0 Å². The fourth-order valence-electron chi connectivity index (χ4n) is 3.46. The Morgan fingerprint density at radius 1 is 1.24 bits per heavy atom. The van der Waals surface area contributed by atoms with Crippen LogP contribution in [-0.2, 0) is 10.2 Å². The van der Waals surface area contributed by atoms with Gasteiger partial charge in [-0.05, 0) is 45.7 Å². The first-order valence-corrected chi connectivity index (χ1v) is 9.37. The minimum Gasteiger partial charge on any atom is -0.396 e. The summed E-state index contributed by atoms with van der Waals surface area (Å²) in [4.78, 5) is 2.17. The predicted octanol–water partition coefficient (Wildman–Crippen LogP) is 0.400. The molecule has 7 heteroatoms. The molecule has 0 atom stereocenters.